The summed E-state index contributed by atoms with van der Waals surface area (Å²) >= 11 is 12.5. The van der Waals surface area contributed by atoms with E-state index in [1.807, 2.05) is 13.0 Å². The first kappa shape index (κ1) is 22.7. The molecule has 0 unspecified atom stereocenters. The maximum absolute atomic E-state index is 13.4. The van der Waals surface area contributed by atoms with Gasteiger partial charge in [0.2, 0.25) is 10.0 Å². The highest BCUT2D eigenvalue weighted by molar-refractivity contribution is 7.89. The molecule has 0 radical (unpaired) electrons. The van der Waals surface area contributed by atoms with Gasteiger partial charge in [-0.3, -0.25) is 4.79 Å². The van der Waals surface area contributed by atoms with Crippen LogP contribution in [0.2, 0.25) is 10.0 Å². The lowest BCUT2D eigenvalue weighted by Gasteiger charge is -2.24. The van der Waals surface area contributed by atoms with Crippen molar-refractivity contribution in [2.24, 2.45) is 0 Å². The first-order valence-electron chi connectivity index (χ1n) is 8.82. The summed E-state index contributed by atoms with van der Waals surface area (Å²) in [4.78, 5) is 12.0. The van der Waals surface area contributed by atoms with Gasteiger partial charge in [-0.05, 0) is 50.1 Å². The minimum absolute atomic E-state index is 0.0455. The Morgan fingerprint density at radius 3 is 2.36 bits per heavy atom. The lowest BCUT2D eigenvalue weighted by molar-refractivity contribution is -0.143. The molecule has 2 aromatic carbocycles. The van der Waals surface area contributed by atoms with Gasteiger partial charge in [0.1, 0.15) is 0 Å². The fraction of sp³-hybridized carbons (Fsp3) is 0.350. The number of sulfonamides is 1. The molecule has 152 valence electrons. The standard InChI is InChI=1S/C20H23Cl2NO4S/c1-4-27-20(24)10-11-23(13-16-17(21)6-5-7-18(16)22)28(25,26)19-12-14(2)8-9-15(19)3/h5-9,12H,4,10-11,13H2,1-3H3. The third kappa shape index (κ3) is 5.47. The number of carbonyl (C=O) groups is 1. The van der Waals surface area contributed by atoms with Gasteiger partial charge >= 0.3 is 5.97 Å². The van der Waals surface area contributed by atoms with Gasteiger partial charge in [0, 0.05) is 28.7 Å². The lowest BCUT2D eigenvalue weighted by Crippen LogP contribution is -2.33. The van der Waals surface area contributed by atoms with Gasteiger partial charge in [0.25, 0.3) is 0 Å². The largest absolute Gasteiger partial charge is 0.466 e. The Balaban J connectivity index is 2.44. The molecule has 0 aliphatic heterocycles. The highest BCUT2D eigenvalue weighted by Gasteiger charge is 2.28. The van der Waals surface area contributed by atoms with Crippen LogP contribution in [-0.2, 0) is 26.1 Å². The molecule has 0 saturated carbocycles. The zero-order chi connectivity index (χ0) is 20.9. The summed E-state index contributed by atoms with van der Waals surface area (Å²) in [7, 11) is -3.89. The summed E-state index contributed by atoms with van der Waals surface area (Å²) in [5.74, 6) is -0.464. The quantitative estimate of drug-likeness (QED) is 0.551. The van der Waals surface area contributed by atoms with Crippen molar-refractivity contribution in [3.8, 4) is 0 Å². The van der Waals surface area contributed by atoms with Gasteiger partial charge in [-0.25, -0.2) is 8.42 Å². The molecule has 2 aromatic rings. The molecule has 5 nitrogen and oxygen atoms in total. The molecular weight excluding hydrogens is 421 g/mol. The average Bonchev–Trinajstić information content (AvgIpc) is 2.62. The second-order valence-corrected chi connectivity index (χ2v) is 9.08. The maximum Gasteiger partial charge on any atom is 0.307 e. The van der Waals surface area contributed by atoms with Crippen LogP contribution in [0, 0.1) is 13.8 Å². The van der Waals surface area contributed by atoms with E-state index in [9.17, 15) is 13.2 Å². The minimum atomic E-state index is -3.89. The van der Waals surface area contributed by atoms with Gasteiger partial charge in [-0.1, -0.05) is 41.4 Å². The number of rotatable bonds is 8. The van der Waals surface area contributed by atoms with E-state index in [4.69, 9.17) is 27.9 Å². The molecule has 0 heterocycles. The molecule has 0 fully saturated rings. The molecular formula is C20H23Cl2NO4S. The van der Waals surface area contributed by atoms with Crippen molar-refractivity contribution in [3.05, 3.63) is 63.1 Å². The second-order valence-electron chi connectivity index (χ2n) is 6.36. The van der Waals surface area contributed by atoms with E-state index < -0.39 is 16.0 Å². The lowest BCUT2D eigenvalue weighted by atomic mass is 10.2. The molecule has 0 aliphatic carbocycles. The van der Waals surface area contributed by atoms with Crippen LogP contribution in [-0.4, -0.2) is 31.8 Å². The first-order chi connectivity index (χ1) is 13.2. The highest BCUT2D eigenvalue weighted by Crippen LogP contribution is 2.29. The van der Waals surface area contributed by atoms with Crippen molar-refractivity contribution in [1.82, 2.24) is 4.31 Å². The van der Waals surface area contributed by atoms with Gasteiger partial charge in [-0.15, -0.1) is 0 Å². The van der Waals surface area contributed by atoms with Crippen molar-refractivity contribution in [2.75, 3.05) is 13.2 Å². The molecule has 0 atom stereocenters. The Morgan fingerprint density at radius 2 is 1.75 bits per heavy atom. The first-order valence-corrected chi connectivity index (χ1v) is 11.0. The number of esters is 1. The Hall–Kier alpha value is -1.60. The van der Waals surface area contributed by atoms with E-state index in [0.29, 0.717) is 21.2 Å². The maximum atomic E-state index is 13.4. The molecule has 0 aliphatic rings. The number of halogens is 2. The van der Waals surface area contributed by atoms with Crippen LogP contribution >= 0.6 is 23.2 Å². The number of aryl methyl sites for hydroxylation is 2. The molecule has 0 spiro atoms. The van der Waals surface area contributed by atoms with Crippen molar-refractivity contribution < 1.29 is 17.9 Å². The van der Waals surface area contributed by atoms with Crippen molar-refractivity contribution in [3.63, 3.8) is 0 Å². The highest BCUT2D eigenvalue weighted by atomic mass is 35.5. The normalized spacial score (nSPS) is 11.6. The van der Waals surface area contributed by atoms with E-state index in [-0.39, 0.29) is 31.0 Å². The van der Waals surface area contributed by atoms with Crippen LogP contribution in [0.4, 0.5) is 0 Å². The van der Waals surface area contributed by atoms with E-state index in [1.165, 1.54) is 4.31 Å². The van der Waals surface area contributed by atoms with Crippen LogP contribution in [0.25, 0.3) is 0 Å². The Morgan fingerprint density at radius 1 is 1.11 bits per heavy atom. The van der Waals surface area contributed by atoms with E-state index >= 15 is 0 Å². The SMILES string of the molecule is CCOC(=O)CCN(Cc1c(Cl)cccc1Cl)S(=O)(=O)c1cc(C)ccc1C. The van der Waals surface area contributed by atoms with Crippen LogP contribution in [0.1, 0.15) is 30.0 Å². The number of ether oxygens (including phenoxy) is 1. The Bertz CT molecular complexity index is 940. The van der Waals surface area contributed by atoms with Gasteiger partial charge < -0.3 is 4.74 Å². The molecule has 0 N–H and O–H groups in total. The van der Waals surface area contributed by atoms with Gasteiger partial charge in [0.15, 0.2) is 0 Å². The summed E-state index contributed by atoms with van der Waals surface area (Å²) in [5.41, 5.74) is 1.94. The van der Waals surface area contributed by atoms with E-state index in [2.05, 4.69) is 0 Å². The topological polar surface area (TPSA) is 63.7 Å². The van der Waals surface area contributed by atoms with E-state index in [1.54, 1.807) is 44.2 Å². The molecule has 8 heteroatoms. The number of hydrogen-bond donors (Lipinski definition) is 0. The fourth-order valence-electron chi connectivity index (χ4n) is 2.72. The van der Waals surface area contributed by atoms with Crippen molar-refractivity contribution in [1.29, 1.82) is 0 Å². The van der Waals surface area contributed by atoms with Crippen molar-refractivity contribution >= 4 is 39.2 Å². The number of benzene rings is 2. The predicted molar refractivity (Wildman–Crippen MR) is 111 cm³/mol. The summed E-state index contributed by atoms with van der Waals surface area (Å²) in [6, 6.07) is 10.2. The monoisotopic (exact) mass is 443 g/mol. The third-order valence-corrected chi connectivity index (χ3v) is 6.92. The summed E-state index contributed by atoms with van der Waals surface area (Å²) in [5, 5.41) is 0.731. The van der Waals surface area contributed by atoms with Gasteiger partial charge in [-0.2, -0.15) is 4.31 Å². The van der Waals surface area contributed by atoms with Crippen LogP contribution in [0.3, 0.4) is 0 Å². The van der Waals surface area contributed by atoms with Crippen LogP contribution in [0.5, 0.6) is 0 Å². The van der Waals surface area contributed by atoms with Gasteiger partial charge in [0.05, 0.1) is 17.9 Å². The zero-order valence-corrected chi connectivity index (χ0v) is 18.4. The molecule has 0 bridgehead atoms. The Kier molecular flexibility index (Phi) is 7.89. The second kappa shape index (κ2) is 9.74. The zero-order valence-electron chi connectivity index (χ0n) is 16.0. The summed E-state index contributed by atoms with van der Waals surface area (Å²) < 4.78 is 32.9. The predicted octanol–water partition coefficient (Wildman–Crippen LogP) is 4.75. The fourth-order valence-corrected chi connectivity index (χ4v) is 4.95. The number of hydrogen-bond acceptors (Lipinski definition) is 4. The number of carbonyl (C=O) groups excluding carboxylic acids is 1. The minimum Gasteiger partial charge on any atom is -0.466 e. The smallest absolute Gasteiger partial charge is 0.307 e. The molecule has 2 rings (SSSR count). The average molecular weight is 444 g/mol. The van der Waals surface area contributed by atoms with Crippen LogP contribution < -0.4 is 0 Å². The van der Waals surface area contributed by atoms with Crippen molar-refractivity contribution in [2.45, 2.75) is 38.6 Å². The molecule has 28 heavy (non-hydrogen) atoms. The molecule has 0 aromatic heterocycles. The molecule has 0 saturated heterocycles. The Labute approximate surface area is 176 Å². The van der Waals surface area contributed by atoms with E-state index in [0.717, 1.165) is 5.56 Å². The van der Waals surface area contributed by atoms with Crippen LogP contribution in [0.15, 0.2) is 41.3 Å². The summed E-state index contributed by atoms with van der Waals surface area (Å²) in [6.07, 6.45) is -0.0694. The summed E-state index contributed by atoms with van der Waals surface area (Å²) in [6.45, 7) is 5.40. The third-order valence-electron chi connectivity index (χ3n) is 4.23. The number of nitrogens with zero attached hydrogens (tertiary/aromatic N) is 1. The molecule has 0 amide bonds.